The molecule has 0 radical (unpaired) electrons. The quantitative estimate of drug-likeness (QED) is 0.680. The van der Waals surface area contributed by atoms with E-state index in [0.717, 1.165) is 16.8 Å². The average molecular weight is 388 g/mol. The Bertz CT molecular complexity index is 650. The predicted octanol–water partition coefficient (Wildman–Crippen LogP) is 5.76. The van der Waals surface area contributed by atoms with E-state index in [0.29, 0.717) is 12.6 Å². The van der Waals surface area contributed by atoms with Crippen LogP contribution in [0.3, 0.4) is 0 Å². The van der Waals surface area contributed by atoms with Crippen molar-refractivity contribution in [3.8, 4) is 5.75 Å². The van der Waals surface area contributed by atoms with E-state index < -0.39 is 0 Å². The fourth-order valence-electron chi connectivity index (χ4n) is 3.43. The van der Waals surface area contributed by atoms with Gasteiger partial charge in [-0.05, 0) is 43.0 Å². The Labute approximate surface area is 153 Å². The normalized spacial score (nSPS) is 15.4. The maximum atomic E-state index is 6.19. The molecule has 0 aliphatic heterocycles. The Kier molecular flexibility index (Phi) is 6.33. The Morgan fingerprint density at radius 2 is 1.83 bits per heavy atom. The largest absolute Gasteiger partial charge is 0.488 e. The number of nitrogens with one attached hydrogen (secondary N) is 1. The lowest BCUT2D eigenvalue weighted by Gasteiger charge is -2.24. The molecule has 0 bridgehead atoms. The molecule has 1 aliphatic carbocycles. The zero-order valence-electron chi connectivity index (χ0n) is 14.4. The van der Waals surface area contributed by atoms with Gasteiger partial charge in [-0.2, -0.15) is 0 Å². The molecular weight excluding hydrogens is 362 g/mol. The van der Waals surface area contributed by atoms with Crippen molar-refractivity contribution in [1.29, 1.82) is 0 Å². The molecule has 0 saturated heterocycles. The SMILES string of the molecule is Cc1cc(Br)cc(CNC2CCCCC2)c1OCc1ccccc1. The lowest BCUT2D eigenvalue weighted by Crippen LogP contribution is -2.30. The number of halogens is 1. The molecule has 1 N–H and O–H groups in total. The number of benzene rings is 2. The van der Waals surface area contributed by atoms with Gasteiger partial charge in [0.05, 0.1) is 0 Å². The third kappa shape index (κ3) is 4.84. The summed E-state index contributed by atoms with van der Waals surface area (Å²) in [7, 11) is 0. The second-order valence-corrected chi connectivity index (χ2v) is 7.62. The summed E-state index contributed by atoms with van der Waals surface area (Å²) in [6.07, 6.45) is 6.69. The number of hydrogen-bond donors (Lipinski definition) is 1. The lowest BCUT2D eigenvalue weighted by molar-refractivity contribution is 0.297. The van der Waals surface area contributed by atoms with Crippen LogP contribution in [-0.2, 0) is 13.2 Å². The van der Waals surface area contributed by atoms with Crippen LogP contribution in [0, 0.1) is 6.92 Å². The first kappa shape index (κ1) is 17.5. The van der Waals surface area contributed by atoms with Crippen molar-refractivity contribution in [2.24, 2.45) is 0 Å². The number of aryl methyl sites for hydroxylation is 1. The van der Waals surface area contributed by atoms with Crippen LogP contribution in [0.5, 0.6) is 5.75 Å². The van der Waals surface area contributed by atoms with Gasteiger partial charge < -0.3 is 10.1 Å². The first-order chi connectivity index (χ1) is 11.7. The molecule has 0 amide bonds. The van der Waals surface area contributed by atoms with Gasteiger partial charge in [0.2, 0.25) is 0 Å². The number of rotatable bonds is 6. The standard InChI is InChI=1S/C21H26BrNO/c1-16-12-19(22)13-18(14-23-20-10-6-3-7-11-20)21(16)24-15-17-8-4-2-5-9-17/h2,4-5,8-9,12-13,20,23H,3,6-7,10-11,14-15H2,1H3. The van der Waals surface area contributed by atoms with E-state index in [1.807, 2.05) is 6.07 Å². The average Bonchev–Trinajstić information content (AvgIpc) is 2.61. The second kappa shape index (κ2) is 8.68. The molecule has 24 heavy (non-hydrogen) atoms. The summed E-state index contributed by atoms with van der Waals surface area (Å²) in [4.78, 5) is 0. The maximum absolute atomic E-state index is 6.19. The van der Waals surface area contributed by atoms with Crippen LogP contribution in [0.4, 0.5) is 0 Å². The molecule has 3 rings (SSSR count). The van der Waals surface area contributed by atoms with Crippen molar-refractivity contribution in [2.75, 3.05) is 0 Å². The van der Waals surface area contributed by atoms with Gasteiger partial charge in [-0.15, -0.1) is 0 Å². The predicted molar refractivity (Wildman–Crippen MR) is 103 cm³/mol. The Balaban J connectivity index is 1.69. The summed E-state index contributed by atoms with van der Waals surface area (Å²) in [5, 5.41) is 3.73. The Morgan fingerprint density at radius 1 is 1.08 bits per heavy atom. The monoisotopic (exact) mass is 387 g/mol. The van der Waals surface area contributed by atoms with Crippen LogP contribution in [0.15, 0.2) is 46.9 Å². The smallest absolute Gasteiger partial charge is 0.127 e. The molecule has 1 saturated carbocycles. The molecule has 1 aliphatic rings. The van der Waals surface area contributed by atoms with E-state index in [-0.39, 0.29) is 0 Å². The molecule has 0 spiro atoms. The molecule has 2 aromatic rings. The van der Waals surface area contributed by atoms with E-state index in [2.05, 4.69) is 64.6 Å². The van der Waals surface area contributed by atoms with Gasteiger partial charge in [-0.3, -0.25) is 0 Å². The van der Waals surface area contributed by atoms with Gasteiger partial charge in [0.15, 0.2) is 0 Å². The van der Waals surface area contributed by atoms with Crippen molar-refractivity contribution in [3.63, 3.8) is 0 Å². The van der Waals surface area contributed by atoms with Crippen molar-refractivity contribution in [2.45, 2.75) is 58.2 Å². The maximum Gasteiger partial charge on any atom is 0.127 e. The summed E-state index contributed by atoms with van der Waals surface area (Å²) in [5.74, 6) is 1.02. The van der Waals surface area contributed by atoms with Crippen LogP contribution >= 0.6 is 15.9 Å². The molecular formula is C21H26BrNO. The second-order valence-electron chi connectivity index (χ2n) is 6.70. The van der Waals surface area contributed by atoms with Gasteiger partial charge in [0.25, 0.3) is 0 Å². The summed E-state index contributed by atoms with van der Waals surface area (Å²) >= 11 is 3.63. The Hall–Kier alpha value is -1.32. The third-order valence-electron chi connectivity index (χ3n) is 4.73. The van der Waals surface area contributed by atoms with Crippen LogP contribution < -0.4 is 10.1 Å². The molecule has 0 unspecified atom stereocenters. The summed E-state index contributed by atoms with van der Waals surface area (Å²) in [6.45, 7) is 3.60. The van der Waals surface area contributed by atoms with Crippen molar-refractivity contribution in [1.82, 2.24) is 5.32 Å². The zero-order chi connectivity index (χ0) is 16.8. The van der Waals surface area contributed by atoms with E-state index in [4.69, 9.17) is 4.74 Å². The summed E-state index contributed by atoms with van der Waals surface area (Å²) < 4.78 is 7.31. The fourth-order valence-corrected chi connectivity index (χ4v) is 4.05. The molecule has 1 fully saturated rings. The molecule has 2 nitrogen and oxygen atoms in total. The van der Waals surface area contributed by atoms with Crippen LogP contribution in [0.1, 0.15) is 48.8 Å². The van der Waals surface area contributed by atoms with E-state index in [1.165, 1.54) is 48.8 Å². The van der Waals surface area contributed by atoms with Crippen LogP contribution in [0.2, 0.25) is 0 Å². The van der Waals surface area contributed by atoms with Crippen LogP contribution in [-0.4, -0.2) is 6.04 Å². The van der Waals surface area contributed by atoms with Gasteiger partial charge in [-0.1, -0.05) is 65.5 Å². The highest BCUT2D eigenvalue weighted by molar-refractivity contribution is 9.10. The molecule has 0 heterocycles. The van der Waals surface area contributed by atoms with Crippen molar-refractivity contribution >= 4 is 15.9 Å². The topological polar surface area (TPSA) is 21.3 Å². The van der Waals surface area contributed by atoms with E-state index >= 15 is 0 Å². The van der Waals surface area contributed by atoms with Gasteiger partial charge in [0, 0.05) is 22.6 Å². The first-order valence-electron chi connectivity index (χ1n) is 8.91. The minimum atomic E-state index is 0.611. The van der Waals surface area contributed by atoms with Crippen LogP contribution in [0.25, 0.3) is 0 Å². The molecule has 0 aromatic heterocycles. The van der Waals surface area contributed by atoms with Gasteiger partial charge in [0.1, 0.15) is 12.4 Å². The lowest BCUT2D eigenvalue weighted by atomic mass is 9.95. The van der Waals surface area contributed by atoms with Gasteiger partial charge in [-0.25, -0.2) is 0 Å². The molecule has 0 atom stereocenters. The van der Waals surface area contributed by atoms with E-state index in [1.54, 1.807) is 0 Å². The number of ether oxygens (including phenoxy) is 1. The number of hydrogen-bond acceptors (Lipinski definition) is 2. The fraction of sp³-hybridized carbons (Fsp3) is 0.429. The zero-order valence-corrected chi connectivity index (χ0v) is 15.9. The minimum Gasteiger partial charge on any atom is -0.488 e. The highest BCUT2D eigenvalue weighted by Gasteiger charge is 2.15. The summed E-state index contributed by atoms with van der Waals surface area (Å²) in [5.41, 5.74) is 3.62. The first-order valence-corrected chi connectivity index (χ1v) is 9.71. The van der Waals surface area contributed by atoms with Crippen molar-refractivity contribution < 1.29 is 4.74 Å². The highest BCUT2D eigenvalue weighted by atomic mass is 79.9. The summed E-state index contributed by atoms with van der Waals surface area (Å²) in [6, 6.07) is 15.3. The van der Waals surface area contributed by atoms with Gasteiger partial charge >= 0.3 is 0 Å². The molecule has 128 valence electrons. The van der Waals surface area contributed by atoms with Crippen molar-refractivity contribution in [3.05, 3.63) is 63.6 Å². The minimum absolute atomic E-state index is 0.611. The Morgan fingerprint density at radius 3 is 2.58 bits per heavy atom. The molecule has 2 aromatic carbocycles. The highest BCUT2D eigenvalue weighted by Crippen LogP contribution is 2.29. The van der Waals surface area contributed by atoms with E-state index in [9.17, 15) is 0 Å². The molecule has 3 heteroatoms. The third-order valence-corrected chi connectivity index (χ3v) is 5.19.